The van der Waals surface area contributed by atoms with Crippen LogP contribution in [-0.4, -0.2) is 80.9 Å². The van der Waals surface area contributed by atoms with E-state index in [1.165, 1.54) is 11.2 Å². The molecule has 1 aliphatic rings. The van der Waals surface area contributed by atoms with Crippen LogP contribution in [0.2, 0.25) is 0 Å². The molecule has 5 atom stereocenters. The first-order valence-electron chi connectivity index (χ1n) is 12.3. The molecule has 0 radical (unpaired) electrons. The van der Waals surface area contributed by atoms with Gasteiger partial charge in [0.1, 0.15) is 18.1 Å². The Labute approximate surface area is 205 Å². The van der Waals surface area contributed by atoms with Gasteiger partial charge in [-0.3, -0.25) is 14.4 Å². The minimum Gasteiger partial charge on any atom is -0.480 e. The second-order valence-electron chi connectivity index (χ2n) is 9.13. The van der Waals surface area contributed by atoms with Crippen molar-refractivity contribution in [2.24, 2.45) is 17.4 Å². The van der Waals surface area contributed by atoms with Crippen molar-refractivity contribution in [2.45, 2.75) is 83.0 Å². The Morgan fingerprint density at radius 3 is 2.63 bits per heavy atom. The molecule has 1 aromatic rings. The molecule has 0 aliphatic carbocycles. The summed E-state index contributed by atoms with van der Waals surface area (Å²) in [7, 11) is 0. The third-order valence-electron chi connectivity index (χ3n) is 6.51. The molecule has 2 heterocycles. The van der Waals surface area contributed by atoms with E-state index >= 15 is 0 Å². The number of carboxylic acids is 1. The minimum atomic E-state index is -1.13. The summed E-state index contributed by atoms with van der Waals surface area (Å²) in [5.41, 5.74) is 12.4. The van der Waals surface area contributed by atoms with Crippen molar-refractivity contribution in [2.75, 3.05) is 13.1 Å². The predicted octanol–water partition coefficient (Wildman–Crippen LogP) is -0.500. The van der Waals surface area contributed by atoms with Crippen molar-refractivity contribution < 1.29 is 24.3 Å². The summed E-state index contributed by atoms with van der Waals surface area (Å²) in [5, 5.41) is 14.9. The van der Waals surface area contributed by atoms with Gasteiger partial charge in [-0.05, 0) is 44.6 Å². The Kier molecular flexibility index (Phi) is 11.1. The van der Waals surface area contributed by atoms with Gasteiger partial charge >= 0.3 is 5.97 Å². The van der Waals surface area contributed by atoms with Crippen LogP contribution in [0.1, 0.15) is 58.1 Å². The van der Waals surface area contributed by atoms with Crippen LogP contribution in [0.5, 0.6) is 0 Å². The maximum atomic E-state index is 13.2. The fourth-order valence-electron chi connectivity index (χ4n) is 4.20. The molecule has 0 saturated carbocycles. The van der Waals surface area contributed by atoms with Crippen LogP contribution in [0.15, 0.2) is 12.5 Å². The average molecular weight is 494 g/mol. The summed E-state index contributed by atoms with van der Waals surface area (Å²) in [6, 6.07) is -3.58. The highest BCUT2D eigenvalue weighted by Gasteiger charge is 2.38. The molecule has 196 valence electrons. The minimum absolute atomic E-state index is 0.264. The quantitative estimate of drug-likeness (QED) is 0.186. The van der Waals surface area contributed by atoms with E-state index in [0.717, 1.165) is 5.69 Å². The number of nitrogens with zero attached hydrogens (tertiary/aromatic N) is 2. The number of carbonyl (C=O) groups is 4. The number of imidazole rings is 1. The number of likely N-dealkylation sites (tertiary alicyclic amines) is 1. The number of rotatable bonds is 14. The van der Waals surface area contributed by atoms with Crippen molar-refractivity contribution in [3.63, 3.8) is 0 Å². The van der Waals surface area contributed by atoms with Gasteiger partial charge in [0.15, 0.2) is 0 Å². The molecule has 3 amide bonds. The Morgan fingerprint density at radius 1 is 1.29 bits per heavy atom. The van der Waals surface area contributed by atoms with Crippen LogP contribution in [0.25, 0.3) is 0 Å². The standard InChI is InChI=1S/C23H39N7O5/c1-3-14(2)19(23(34)35)29-20(31)17(7-4-5-9-24)28-21(32)18-8-6-10-30(18)22(33)16(25)11-15-12-26-13-27-15/h12-14,16-19H,3-11,24-25H2,1-2H3,(H,26,27)(H,28,32)(H,29,31)(H,34,35). The molecule has 0 spiro atoms. The van der Waals surface area contributed by atoms with Gasteiger partial charge in [-0.1, -0.05) is 20.3 Å². The Bertz CT molecular complexity index is 847. The number of nitrogens with two attached hydrogens (primary N) is 2. The van der Waals surface area contributed by atoms with Crippen LogP contribution < -0.4 is 22.1 Å². The highest BCUT2D eigenvalue weighted by Crippen LogP contribution is 2.20. The monoisotopic (exact) mass is 493 g/mol. The van der Waals surface area contributed by atoms with Crippen molar-refractivity contribution in [1.29, 1.82) is 0 Å². The fraction of sp³-hybridized carbons (Fsp3) is 0.696. The van der Waals surface area contributed by atoms with E-state index in [2.05, 4.69) is 20.6 Å². The molecule has 12 nitrogen and oxygen atoms in total. The summed E-state index contributed by atoms with van der Waals surface area (Å²) in [5.74, 6) is -2.76. The highest BCUT2D eigenvalue weighted by molar-refractivity contribution is 5.94. The van der Waals surface area contributed by atoms with Crippen LogP contribution in [0.4, 0.5) is 0 Å². The van der Waals surface area contributed by atoms with Crippen LogP contribution >= 0.6 is 0 Å². The molecule has 1 aromatic heterocycles. The molecule has 35 heavy (non-hydrogen) atoms. The number of amides is 3. The van der Waals surface area contributed by atoms with Crippen molar-refractivity contribution in [3.8, 4) is 0 Å². The number of aliphatic carboxylic acids is 1. The van der Waals surface area contributed by atoms with Gasteiger partial charge in [0, 0.05) is 24.9 Å². The maximum absolute atomic E-state index is 13.2. The number of H-pyrrole nitrogens is 1. The molecule has 1 saturated heterocycles. The van der Waals surface area contributed by atoms with Gasteiger partial charge in [0.2, 0.25) is 17.7 Å². The van der Waals surface area contributed by atoms with Crippen LogP contribution in [0.3, 0.4) is 0 Å². The van der Waals surface area contributed by atoms with Crippen molar-refractivity contribution in [3.05, 3.63) is 18.2 Å². The first-order chi connectivity index (χ1) is 16.7. The second-order valence-corrected chi connectivity index (χ2v) is 9.13. The molecule has 12 heteroatoms. The van der Waals surface area contributed by atoms with Crippen LogP contribution in [0, 0.1) is 5.92 Å². The third-order valence-corrected chi connectivity index (χ3v) is 6.51. The lowest BCUT2D eigenvalue weighted by Crippen LogP contribution is -2.57. The van der Waals surface area contributed by atoms with Crippen LogP contribution in [-0.2, 0) is 25.6 Å². The summed E-state index contributed by atoms with van der Waals surface area (Å²) < 4.78 is 0. The average Bonchev–Trinajstić information content (AvgIpc) is 3.52. The predicted molar refractivity (Wildman–Crippen MR) is 129 cm³/mol. The van der Waals surface area contributed by atoms with E-state index in [0.29, 0.717) is 51.6 Å². The lowest BCUT2D eigenvalue weighted by molar-refractivity contribution is -0.144. The molecule has 1 fully saturated rings. The molecule has 8 N–H and O–H groups in total. The van der Waals surface area contributed by atoms with Crippen molar-refractivity contribution >= 4 is 23.7 Å². The van der Waals surface area contributed by atoms with E-state index in [1.807, 2.05) is 6.92 Å². The van der Waals surface area contributed by atoms with E-state index in [9.17, 15) is 24.3 Å². The molecule has 2 rings (SSSR count). The SMILES string of the molecule is CCC(C)C(NC(=O)C(CCCCN)NC(=O)C1CCCN1C(=O)C(N)Cc1cnc[nH]1)C(=O)O. The second kappa shape index (κ2) is 13.8. The van der Waals surface area contributed by atoms with E-state index in [4.69, 9.17) is 11.5 Å². The number of hydrogen-bond acceptors (Lipinski definition) is 7. The summed E-state index contributed by atoms with van der Waals surface area (Å²) in [6.45, 7) is 4.42. The third kappa shape index (κ3) is 8.03. The Hall–Kier alpha value is -2.99. The largest absolute Gasteiger partial charge is 0.480 e. The molecule has 0 bridgehead atoms. The summed E-state index contributed by atoms with van der Waals surface area (Å²) in [6.07, 6.45) is 6.57. The normalized spacial score (nSPS) is 19.0. The van der Waals surface area contributed by atoms with Gasteiger partial charge in [-0.15, -0.1) is 0 Å². The number of aromatic amines is 1. The van der Waals surface area contributed by atoms with E-state index < -0.39 is 42.0 Å². The first-order valence-corrected chi connectivity index (χ1v) is 12.3. The lowest BCUT2D eigenvalue weighted by Gasteiger charge is -2.29. The lowest BCUT2D eigenvalue weighted by atomic mass is 9.98. The molecule has 1 aliphatic heterocycles. The van der Waals surface area contributed by atoms with E-state index in [1.54, 1.807) is 13.1 Å². The highest BCUT2D eigenvalue weighted by atomic mass is 16.4. The van der Waals surface area contributed by atoms with Gasteiger partial charge in [0.25, 0.3) is 0 Å². The molecule has 0 aromatic carbocycles. The van der Waals surface area contributed by atoms with Crippen molar-refractivity contribution in [1.82, 2.24) is 25.5 Å². The molecular weight excluding hydrogens is 454 g/mol. The zero-order chi connectivity index (χ0) is 26.0. The number of unbranched alkanes of at least 4 members (excludes halogenated alkanes) is 1. The van der Waals surface area contributed by atoms with Gasteiger partial charge in [-0.25, -0.2) is 9.78 Å². The Balaban J connectivity index is 2.08. The topological polar surface area (TPSA) is 197 Å². The zero-order valence-electron chi connectivity index (χ0n) is 20.5. The maximum Gasteiger partial charge on any atom is 0.326 e. The molecular formula is C23H39N7O5. The first kappa shape index (κ1) is 28.2. The van der Waals surface area contributed by atoms with E-state index in [-0.39, 0.29) is 18.2 Å². The van der Waals surface area contributed by atoms with Gasteiger partial charge in [-0.2, -0.15) is 0 Å². The smallest absolute Gasteiger partial charge is 0.326 e. The fourth-order valence-corrected chi connectivity index (χ4v) is 4.20. The number of carbonyl (C=O) groups excluding carboxylic acids is 3. The number of nitrogens with one attached hydrogen (secondary N) is 3. The molecule has 5 unspecified atom stereocenters. The summed E-state index contributed by atoms with van der Waals surface area (Å²) in [4.78, 5) is 59.1. The number of aromatic nitrogens is 2. The summed E-state index contributed by atoms with van der Waals surface area (Å²) >= 11 is 0. The zero-order valence-corrected chi connectivity index (χ0v) is 20.5. The van der Waals surface area contributed by atoms with Gasteiger partial charge < -0.3 is 37.1 Å². The Morgan fingerprint density at radius 2 is 2.03 bits per heavy atom. The number of carboxylic acid groups (broad SMARTS) is 1. The van der Waals surface area contributed by atoms with Gasteiger partial charge in [0.05, 0.1) is 12.4 Å². The number of hydrogen-bond donors (Lipinski definition) is 6.